The summed E-state index contributed by atoms with van der Waals surface area (Å²) in [5.41, 5.74) is 11.5. The Bertz CT molecular complexity index is 1090. The highest BCUT2D eigenvalue weighted by molar-refractivity contribution is 7.80. The number of hydrogen-bond acceptors (Lipinski definition) is 5. The summed E-state index contributed by atoms with van der Waals surface area (Å²) in [6, 6.07) is 10.2. The molecule has 1 aliphatic rings. The van der Waals surface area contributed by atoms with E-state index in [0.717, 1.165) is 29.7 Å². The van der Waals surface area contributed by atoms with Gasteiger partial charge in [-0.15, -0.1) is 0 Å². The molecule has 1 saturated carbocycles. The van der Waals surface area contributed by atoms with Crippen LogP contribution < -0.4 is 27.4 Å². The van der Waals surface area contributed by atoms with E-state index in [1.165, 1.54) is 6.07 Å². The number of carbonyl (C=O) groups is 2. The van der Waals surface area contributed by atoms with E-state index in [2.05, 4.69) is 16.0 Å². The number of nitrogen functional groups attached to an aromatic ring is 1. The zero-order valence-electron chi connectivity index (χ0n) is 19.1. The minimum Gasteiger partial charge on any atom is -0.398 e. The first kappa shape index (κ1) is 26.4. The van der Waals surface area contributed by atoms with Gasteiger partial charge in [-0.1, -0.05) is 48.1 Å². The summed E-state index contributed by atoms with van der Waals surface area (Å²) in [4.78, 5) is 25.5. The third kappa shape index (κ3) is 6.92. The highest BCUT2D eigenvalue weighted by Gasteiger charge is 2.34. The molecule has 0 saturated heterocycles. The lowest BCUT2D eigenvalue weighted by molar-refractivity contribution is -0.137. The number of carbonyl (C=O) groups excluding carboxylic acids is 2. The number of hydrogen-bond donors (Lipinski definition) is 5. The van der Waals surface area contributed by atoms with Crippen molar-refractivity contribution in [2.45, 2.75) is 50.5 Å². The first-order chi connectivity index (χ1) is 16.5. The summed E-state index contributed by atoms with van der Waals surface area (Å²) in [5.74, 6) is -1.38. The summed E-state index contributed by atoms with van der Waals surface area (Å²) >= 11 is 5.52. The summed E-state index contributed by atoms with van der Waals surface area (Å²) < 4.78 is 39.2. The fraction of sp³-hybridized carbons (Fsp3) is 0.375. The van der Waals surface area contributed by atoms with E-state index in [-0.39, 0.29) is 23.7 Å². The minimum atomic E-state index is -4.70. The van der Waals surface area contributed by atoms with Gasteiger partial charge in [-0.2, -0.15) is 13.2 Å². The molecule has 7 nitrogen and oxygen atoms in total. The third-order valence-electron chi connectivity index (χ3n) is 5.93. The molecule has 1 aliphatic carbocycles. The molecule has 7 N–H and O–H groups in total. The summed E-state index contributed by atoms with van der Waals surface area (Å²) in [6.07, 6.45) is -2.75. The molecule has 0 heterocycles. The molecule has 11 heteroatoms. The number of amides is 2. The fourth-order valence-corrected chi connectivity index (χ4v) is 4.30. The average molecular weight is 508 g/mol. The molecule has 0 radical (unpaired) electrons. The first-order valence-corrected chi connectivity index (χ1v) is 11.5. The number of nitrogens with one attached hydrogen (secondary N) is 3. The zero-order chi connectivity index (χ0) is 25.8. The van der Waals surface area contributed by atoms with E-state index in [1.807, 2.05) is 31.2 Å². The SMILES string of the molecule is Cc1ccc(C(=S)NC2CCC(N)CC2NC(=O)CNC(=O)c2cccc(C(F)(F)F)c2N)cc1. The maximum absolute atomic E-state index is 13.1. The number of thiocarbonyl (C=S) groups is 1. The van der Waals surface area contributed by atoms with Crippen molar-refractivity contribution in [2.24, 2.45) is 5.73 Å². The molecule has 1 fully saturated rings. The lowest BCUT2D eigenvalue weighted by Crippen LogP contribution is -2.57. The van der Waals surface area contributed by atoms with Crippen LogP contribution >= 0.6 is 12.2 Å². The van der Waals surface area contributed by atoms with Gasteiger partial charge in [-0.3, -0.25) is 9.59 Å². The van der Waals surface area contributed by atoms with Crippen LogP contribution in [0.5, 0.6) is 0 Å². The van der Waals surface area contributed by atoms with Gasteiger partial charge < -0.3 is 27.4 Å². The van der Waals surface area contributed by atoms with E-state index in [0.29, 0.717) is 17.8 Å². The van der Waals surface area contributed by atoms with Gasteiger partial charge in [0.15, 0.2) is 0 Å². The number of rotatable bonds is 6. The number of aryl methyl sites for hydroxylation is 1. The Morgan fingerprint density at radius 1 is 1.06 bits per heavy atom. The van der Waals surface area contributed by atoms with Gasteiger partial charge in [0.2, 0.25) is 5.91 Å². The van der Waals surface area contributed by atoms with E-state index >= 15 is 0 Å². The van der Waals surface area contributed by atoms with Crippen molar-refractivity contribution in [3.8, 4) is 0 Å². The Morgan fingerprint density at radius 3 is 2.40 bits per heavy atom. The van der Waals surface area contributed by atoms with Crippen LogP contribution in [0.2, 0.25) is 0 Å². The van der Waals surface area contributed by atoms with Gasteiger partial charge in [0.1, 0.15) is 4.99 Å². The molecule has 0 aromatic heterocycles. The van der Waals surface area contributed by atoms with Crippen molar-refractivity contribution in [3.63, 3.8) is 0 Å². The number of para-hydroxylation sites is 1. The second kappa shape index (κ2) is 11.0. The van der Waals surface area contributed by atoms with Crippen molar-refractivity contribution in [1.29, 1.82) is 0 Å². The molecule has 3 atom stereocenters. The Balaban J connectivity index is 1.60. The maximum atomic E-state index is 13.1. The molecular weight excluding hydrogens is 479 g/mol. The van der Waals surface area contributed by atoms with Crippen LogP contribution in [0.4, 0.5) is 18.9 Å². The second-order valence-electron chi connectivity index (χ2n) is 8.64. The van der Waals surface area contributed by atoms with Gasteiger partial charge >= 0.3 is 6.18 Å². The topological polar surface area (TPSA) is 122 Å². The smallest absolute Gasteiger partial charge is 0.398 e. The largest absolute Gasteiger partial charge is 0.418 e. The molecule has 2 amide bonds. The van der Waals surface area contributed by atoms with Gasteiger partial charge in [0.05, 0.1) is 29.4 Å². The van der Waals surface area contributed by atoms with Crippen molar-refractivity contribution in [3.05, 3.63) is 64.7 Å². The van der Waals surface area contributed by atoms with Crippen LogP contribution in [0.1, 0.15) is 46.3 Å². The molecule has 0 spiro atoms. The Hall–Kier alpha value is -3.18. The lowest BCUT2D eigenvalue weighted by atomic mass is 9.87. The summed E-state index contributed by atoms with van der Waals surface area (Å²) in [7, 11) is 0. The van der Waals surface area contributed by atoms with Crippen LogP contribution in [-0.4, -0.2) is 41.5 Å². The average Bonchev–Trinajstić information content (AvgIpc) is 2.79. The Kier molecular flexibility index (Phi) is 8.34. The number of halogens is 3. The number of benzene rings is 2. The fourth-order valence-electron chi connectivity index (χ4n) is 4.02. The normalized spacial score (nSPS) is 20.1. The van der Waals surface area contributed by atoms with Crippen molar-refractivity contribution in [1.82, 2.24) is 16.0 Å². The van der Waals surface area contributed by atoms with E-state index in [1.54, 1.807) is 0 Å². The van der Waals surface area contributed by atoms with Crippen LogP contribution in [0.15, 0.2) is 42.5 Å². The van der Waals surface area contributed by atoms with Gasteiger partial charge in [-0.25, -0.2) is 0 Å². The monoisotopic (exact) mass is 507 g/mol. The molecule has 188 valence electrons. The highest BCUT2D eigenvalue weighted by atomic mass is 32.1. The molecule has 3 unspecified atom stereocenters. The van der Waals surface area contributed by atoms with Crippen LogP contribution in [-0.2, 0) is 11.0 Å². The summed E-state index contributed by atoms with van der Waals surface area (Å²) in [5, 5.41) is 8.49. The van der Waals surface area contributed by atoms with Gasteiger partial charge in [0.25, 0.3) is 5.91 Å². The third-order valence-corrected chi connectivity index (χ3v) is 6.29. The van der Waals surface area contributed by atoms with Crippen LogP contribution in [0.3, 0.4) is 0 Å². The lowest BCUT2D eigenvalue weighted by Gasteiger charge is -2.36. The highest BCUT2D eigenvalue weighted by Crippen LogP contribution is 2.34. The number of nitrogens with two attached hydrogens (primary N) is 2. The molecule has 35 heavy (non-hydrogen) atoms. The van der Waals surface area contributed by atoms with Crippen LogP contribution in [0.25, 0.3) is 0 Å². The Labute approximate surface area is 206 Å². The number of anilines is 1. The predicted molar refractivity (Wildman–Crippen MR) is 132 cm³/mol. The molecule has 3 rings (SSSR count). The number of alkyl halides is 3. The molecule has 0 aliphatic heterocycles. The minimum absolute atomic E-state index is 0.106. The van der Waals surface area contributed by atoms with Gasteiger partial charge in [0, 0.05) is 17.6 Å². The quantitative estimate of drug-likeness (QED) is 0.303. The molecule has 0 bridgehead atoms. The van der Waals surface area contributed by atoms with Gasteiger partial charge in [-0.05, 0) is 38.3 Å². The van der Waals surface area contributed by atoms with Crippen molar-refractivity contribution >= 4 is 34.7 Å². The predicted octanol–water partition coefficient (Wildman–Crippen LogP) is 2.66. The second-order valence-corrected chi connectivity index (χ2v) is 9.05. The van der Waals surface area contributed by atoms with Crippen LogP contribution in [0, 0.1) is 6.92 Å². The van der Waals surface area contributed by atoms with E-state index < -0.39 is 35.8 Å². The van der Waals surface area contributed by atoms with E-state index in [4.69, 9.17) is 23.7 Å². The van der Waals surface area contributed by atoms with Crippen molar-refractivity contribution in [2.75, 3.05) is 12.3 Å². The van der Waals surface area contributed by atoms with E-state index in [9.17, 15) is 22.8 Å². The Morgan fingerprint density at radius 2 is 1.74 bits per heavy atom. The summed E-state index contributed by atoms with van der Waals surface area (Å²) in [6.45, 7) is 1.55. The maximum Gasteiger partial charge on any atom is 0.418 e. The standard InChI is InChI=1S/C24H28F3N5O2S/c1-13-5-7-14(8-6-13)23(35)32-18-10-9-15(28)11-19(18)31-20(33)12-30-22(34)16-3-2-4-17(21(16)29)24(25,26)27/h2-8,15,18-19H,9-12,28-29H2,1H3,(H,30,34)(H,31,33)(H,32,35). The molecule has 2 aromatic rings. The van der Waals surface area contributed by atoms with Crippen molar-refractivity contribution < 1.29 is 22.8 Å². The zero-order valence-corrected chi connectivity index (χ0v) is 19.9. The molecule has 2 aromatic carbocycles. The molecular formula is C24H28F3N5O2S. The first-order valence-electron chi connectivity index (χ1n) is 11.1.